The zero-order chi connectivity index (χ0) is 22.1. The van der Waals surface area contributed by atoms with Crippen molar-refractivity contribution in [3.63, 3.8) is 0 Å². The van der Waals surface area contributed by atoms with Gasteiger partial charge in [0.2, 0.25) is 0 Å². The van der Waals surface area contributed by atoms with Crippen LogP contribution in [0.1, 0.15) is 37.3 Å². The van der Waals surface area contributed by atoms with Crippen LogP contribution in [0.2, 0.25) is 0 Å². The molecule has 0 spiro atoms. The van der Waals surface area contributed by atoms with Gasteiger partial charge in [-0.05, 0) is 36.8 Å². The number of nitrogens with one attached hydrogen (secondary N) is 1. The highest BCUT2D eigenvalue weighted by molar-refractivity contribution is 7.92. The number of oxime groups is 1. The van der Waals surface area contributed by atoms with Crippen molar-refractivity contribution in [2.45, 2.75) is 31.1 Å². The van der Waals surface area contributed by atoms with Crippen LogP contribution in [0.25, 0.3) is 0 Å². The van der Waals surface area contributed by atoms with Gasteiger partial charge in [0.1, 0.15) is 11.5 Å². The van der Waals surface area contributed by atoms with Crippen molar-refractivity contribution < 1.29 is 18.4 Å². The van der Waals surface area contributed by atoms with Crippen molar-refractivity contribution in [3.05, 3.63) is 90.0 Å². The number of para-hydroxylation sites is 1. The lowest BCUT2D eigenvalue weighted by atomic mass is 10.0. The molecule has 0 aromatic heterocycles. The zero-order valence-corrected chi connectivity index (χ0v) is 18.2. The third-order valence-corrected chi connectivity index (χ3v) is 6.11. The van der Waals surface area contributed by atoms with Crippen LogP contribution in [0.15, 0.2) is 88.9 Å². The largest absolute Gasteiger partial charge is 0.494 e. The van der Waals surface area contributed by atoms with Crippen molar-refractivity contribution in [3.8, 4) is 5.75 Å². The molecule has 0 saturated heterocycles. The second-order valence-corrected chi connectivity index (χ2v) is 8.68. The Labute approximate surface area is 183 Å². The van der Waals surface area contributed by atoms with Crippen molar-refractivity contribution >= 4 is 21.4 Å². The van der Waals surface area contributed by atoms with Gasteiger partial charge in [0.25, 0.3) is 10.0 Å². The zero-order valence-electron chi connectivity index (χ0n) is 17.4. The molecule has 3 aromatic rings. The Kier molecular flexibility index (Phi) is 7.67. The smallest absolute Gasteiger partial charge is 0.261 e. The number of unbranched alkanes of at least 4 members (excludes halogenated alkanes) is 2. The molecule has 0 unspecified atom stereocenters. The molecule has 3 aromatic carbocycles. The summed E-state index contributed by atoms with van der Waals surface area (Å²) in [7, 11) is -3.85. The van der Waals surface area contributed by atoms with E-state index in [1.54, 1.807) is 48.5 Å². The molecule has 0 aliphatic heterocycles. The molecule has 3 rings (SSSR count). The fourth-order valence-electron chi connectivity index (χ4n) is 3.10. The SMILES string of the molecule is CCCCCOc1ccc(S(=O)(=O)Nc2ccccc2C(=NO)c2ccccc2)cc1. The van der Waals surface area contributed by atoms with Crippen LogP contribution in [-0.4, -0.2) is 25.9 Å². The van der Waals surface area contributed by atoms with E-state index in [1.807, 2.05) is 18.2 Å². The van der Waals surface area contributed by atoms with E-state index in [2.05, 4.69) is 16.8 Å². The first-order chi connectivity index (χ1) is 15.0. The highest BCUT2D eigenvalue weighted by atomic mass is 32.2. The molecule has 0 fully saturated rings. The van der Waals surface area contributed by atoms with Crippen molar-refractivity contribution in [1.29, 1.82) is 0 Å². The number of benzene rings is 3. The van der Waals surface area contributed by atoms with Gasteiger partial charge in [-0.15, -0.1) is 0 Å². The van der Waals surface area contributed by atoms with Crippen LogP contribution in [-0.2, 0) is 10.0 Å². The molecule has 162 valence electrons. The van der Waals surface area contributed by atoms with Crippen LogP contribution in [0.5, 0.6) is 5.75 Å². The summed E-state index contributed by atoms with van der Waals surface area (Å²) in [6.45, 7) is 2.73. The summed E-state index contributed by atoms with van der Waals surface area (Å²) >= 11 is 0. The molecular weight excluding hydrogens is 412 g/mol. The molecular formula is C24H26N2O4S. The van der Waals surface area contributed by atoms with Crippen molar-refractivity contribution in [2.24, 2.45) is 5.16 Å². The van der Waals surface area contributed by atoms with Gasteiger partial charge in [0.05, 0.1) is 17.2 Å². The third kappa shape index (κ3) is 5.86. The summed E-state index contributed by atoms with van der Waals surface area (Å²) in [6, 6.07) is 22.2. The third-order valence-electron chi connectivity index (χ3n) is 4.72. The number of rotatable bonds is 10. The Morgan fingerprint density at radius 3 is 2.29 bits per heavy atom. The Hall–Kier alpha value is -3.32. The van der Waals surface area contributed by atoms with Gasteiger partial charge < -0.3 is 9.94 Å². The summed E-state index contributed by atoms with van der Waals surface area (Å²) in [5.41, 5.74) is 1.73. The van der Waals surface area contributed by atoms with E-state index >= 15 is 0 Å². The maximum atomic E-state index is 13.0. The summed E-state index contributed by atoms with van der Waals surface area (Å²) < 4.78 is 34.2. The fourth-order valence-corrected chi connectivity index (χ4v) is 4.18. The van der Waals surface area contributed by atoms with Gasteiger partial charge in [-0.3, -0.25) is 4.72 Å². The Balaban J connectivity index is 1.81. The highest BCUT2D eigenvalue weighted by Crippen LogP contribution is 2.24. The lowest BCUT2D eigenvalue weighted by Gasteiger charge is -2.14. The predicted molar refractivity (Wildman–Crippen MR) is 123 cm³/mol. The fraction of sp³-hybridized carbons (Fsp3) is 0.208. The Morgan fingerprint density at radius 1 is 0.935 bits per heavy atom. The summed E-state index contributed by atoms with van der Waals surface area (Å²) in [5.74, 6) is 0.634. The molecule has 31 heavy (non-hydrogen) atoms. The van der Waals surface area contributed by atoms with E-state index in [0.29, 0.717) is 29.2 Å². The average molecular weight is 439 g/mol. The highest BCUT2D eigenvalue weighted by Gasteiger charge is 2.19. The first kappa shape index (κ1) is 22.4. The van der Waals surface area contributed by atoms with Crippen LogP contribution in [0.3, 0.4) is 0 Å². The quantitative estimate of drug-likeness (QED) is 0.195. The number of anilines is 1. The lowest BCUT2D eigenvalue weighted by Crippen LogP contribution is -2.16. The maximum absolute atomic E-state index is 13.0. The van der Waals surface area contributed by atoms with Gasteiger partial charge in [-0.25, -0.2) is 8.42 Å². The molecule has 0 heterocycles. The molecule has 0 aliphatic rings. The van der Waals surface area contributed by atoms with Gasteiger partial charge >= 0.3 is 0 Å². The molecule has 0 aliphatic carbocycles. The molecule has 0 bridgehead atoms. The van der Waals surface area contributed by atoms with Crippen LogP contribution in [0, 0.1) is 0 Å². The summed E-state index contributed by atoms with van der Waals surface area (Å²) in [4.78, 5) is 0.116. The average Bonchev–Trinajstić information content (AvgIpc) is 2.79. The first-order valence-corrected chi connectivity index (χ1v) is 11.7. The van der Waals surface area contributed by atoms with Gasteiger partial charge in [-0.1, -0.05) is 73.5 Å². The minimum absolute atomic E-state index is 0.116. The second kappa shape index (κ2) is 10.6. The molecule has 7 heteroatoms. The molecule has 0 amide bonds. The van der Waals surface area contributed by atoms with Gasteiger partial charge in [0.15, 0.2) is 0 Å². The molecule has 0 saturated carbocycles. The van der Waals surface area contributed by atoms with Crippen LogP contribution < -0.4 is 9.46 Å². The van der Waals surface area contributed by atoms with Gasteiger partial charge in [0, 0.05) is 11.1 Å². The summed E-state index contributed by atoms with van der Waals surface area (Å²) in [5, 5.41) is 13.0. The summed E-state index contributed by atoms with van der Waals surface area (Å²) in [6.07, 6.45) is 3.17. The molecule has 0 atom stereocenters. The van der Waals surface area contributed by atoms with E-state index < -0.39 is 10.0 Å². The topological polar surface area (TPSA) is 88.0 Å². The van der Waals surface area contributed by atoms with Crippen molar-refractivity contribution in [2.75, 3.05) is 11.3 Å². The lowest BCUT2D eigenvalue weighted by molar-refractivity contribution is 0.306. The molecule has 2 N–H and O–H groups in total. The number of nitrogens with zero attached hydrogens (tertiary/aromatic N) is 1. The predicted octanol–water partition coefficient (Wildman–Crippen LogP) is 5.28. The maximum Gasteiger partial charge on any atom is 0.261 e. The standard InChI is InChI=1S/C24H26N2O4S/c1-2-3-9-18-30-20-14-16-21(17-15-20)31(28,29)26-23-13-8-7-12-22(23)24(25-27)19-10-5-4-6-11-19/h4-8,10-17,26-27H,2-3,9,18H2,1H3. The second-order valence-electron chi connectivity index (χ2n) is 6.99. The molecule has 0 radical (unpaired) electrons. The minimum Gasteiger partial charge on any atom is -0.494 e. The number of sulfonamides is 1. The van der Waals surface area contributed by atoms with E-state index in [-0.39, 0.29) is 10.6 Å². The van der Waals surface area contributed by atoms with Gasteiger partial charge in [-0.2, -0.15) is 0 Å². The normalized spacial score (nSPS) is 11.8. The van der Waals surface area contributed by atoms with Crippen LogP contribution >= 0.6 is 0 Å². The number of hydrogen-bond acceptors (Lipinski definition) is 5. The monoisotopic (exact) mass is 438 g/mol. The molecule has 6 nitrogen and oxygen atoms in total. The number of hydrogen-bond donors (Lipinski definition) is 2. The van der Waals surface area contributed by atoms with E-state index in [1.165, 1.54) is 12.1 Å². The minimum atomic E-state index is -3.85. The first-order valence-electron chi connectivity index (χ1n) is 10.2. The van der Waals surface area contributed by atoms with E-state index in [9.17, 15) is 13.6 Å². The van der Waals surface area contributed by atoms with Crippen molar-refractivity contribution in [1.82, 2.24) is 0 Å². The van der Waals surface area contributed by atoms with Crippen LogP contribution in [0.4, 0.5) is 5.69 Å². The van der Waals surface area contributed by atoms with E-state index in [0.717, 1.165) is 19.3 Å². The van der Waals surface area contributed by atoms with E-state index in [4.69, 9.17) is 4.74 Å². The number of ether oxygens (including phenoxy) is 1. The Bertz CT molecular complexity index is 1110. The Morgan fingerprint density at radius 2 is 1.61 bits per heavy atom.